The molecular formula is C8H10BrNO. The number of aliphatic hydroxyl groups is 1. The first-order valence-electron chi connectivity index (χ1n) is 3.47. The maximum atomic E-state index is 9.04. The van der Waals surface area contributed by atoms with Crippen LogP contribution >= 0.6 is 15.9 Å². The Morgan fingerprint density at radius 1 is 1.73 bits per heavy atom. The van der Waals surface area contributed by atoms with Gasteiger partial charge in [0.1, 0.15) is 0 Å². The van der Waals surface area contributed by atoms with Gasteiger partial charge in [-0.2, -0.15) is 0 Å². The SMILES string of the molecule is CC(O)Cc1cc(Br)ccn1. The van der Waals surface area contributed by atoms with Crippen LogP contribution in [0.2, 0.25) is 0 Å². The monoisotopic (exact) mass is 215 g/mol. The van der Waals surface area contributed by atoms with Gasteiger partial charge in [0.25, 0.3) is 0 Å². The summed E-state index contributed by atoms with van der Waals surface area (Å²) in [5.74, 6) is 0. The number of pyridine rings is 1. The molecule has 0 amide bonds. The van der Waals surface area contributed by atoms with Crippen molar-refractivity contribution in [3.8, 4) is 0 Å². The van der Waals surface area contributed by atoms with Gasteiger partial charge >= 0.3 is 0 Å². The Morgan fingerprint density at radius 3 is 3.00 bits per heavy atom. The molecule has 0 aliphatic carbocycles. The summed E-state index contributed by atoms with van der Waals surface area (Å²) in [6.07, 6.45) is 2.01. The molecule has 0 saturated carbocycles. The molecule has 0 radical (unpaired) electrons. The molecule has 1 N–H and O–H groups in total. The normalized spacial score (nSPS) is 13.0. The van der Waals surface area contributed by atoms with E-state index in [0.717, 1.165) is 10.2 Å². The molecule has 0 saturated heterocycles. The van der Waals surface area contributed by atoms with E-state index >= 15 is 0 Å². The summed E-state index contributed by atoms with van der Waals surface area (Å²) in [5.41, 5.74) is 0.911. The van der Waals surface area contributed by atoms with Gasteiger partial charge in [-0.1, -0.05) is 15.9 Å². The third-order valence-corrected chi connectivity index (χ3v) is 1.78. The van der Waals surface area contributed by atoms with Crippen LogP contribution in [0.4, 0.5) is 0 Å². The van der Waals surface area contributed by atoms with Gasteiger partial charge in [-0.25, -0.2) is 0 Å². The third kappa shape index (κ3) is 2.99. The van der Waals surface area contributed by atoms with Gasteiger partial charge in [-0.15, -0.1) is 0 Å². The van der Waals surface area contributed by atoms with Crippen LogP contribution in [-0.2, 0) is 6.42 Å². The number of hydrogen-bond acceptors (Lipinski definition) is 2. The fraction of sp³-hybridized carbons (Fsp3) is 0.375. The van der Waals surface area contributed by atoms with Crippen LogP contribution in [0.3, 0.4) is 0 Å². The van der Waals surface area contributed by atoms with Crippen molar-refractivity contribution in [3.05, 3.63) is 28.5 Å². The minimum absolute atomic E-state index is 0.322. The molecule has 0 aliphatic rings. The molecule has 3 heteroatoms. The molecule has 2 nitrogen and oxygen atoms in total. The minimum atomic E-state index is -0.322. The van der Waals surface area contributed by atoms with Crippen molar-refractivity contribution in [1.29, 1.82) is 0 Å². The van der Waals surface area contributed by atoms with Gasteiger partial charge in [0.2, 0.25) is 0 Å². The van der Waals surface area contributed by atoms with Gasteiger partial charge in [0.15, 0.2) is 0 Å². The summed E-state index contributed by atoms with van der Waals surface area (Å²) in [7, 11) is 0. The average Bonchev–Trinajstić information content (AvgIpc) is 1.85. The van der Waals surface area contributed by atoms with Crippen LogP contribution in [0, 0.1) is 0 Å². The Bertz CT molecular complexity index is 237. The van der Waals surface area contributed by atoms with E-state index in [1.807, 2.05) is 12.1 Å². The maximum Gasteiger partial charge on any atom is 0.0567 e. The summed E-state index contributed by atoms with van der Waals surface area (Å²) >= 11 is 3.33. The Labute approximate surface area is 74.4 Å². The molecule has 1 aromatic heterocycles. The van der Waals surface area contributed by atoms with Crippen molar-refractivity contribution in [2.24, 2.45) is 0 Å². The molecule has 0 aromatic carbocycles. The van der Waals surface area contributed by atoms with Gasteiger partial charge < -0.3 is 5.11 Å². The van der Waals surface area contributed by atoms with Gasteiger partial charge in [-0.05, 0) is 19.1 Å². The van der Waals surface area contributed by atoms with Crippen molar-refractivity contribution >= 4 is 15.9 Å². The molecule has 60 valence electrons. The van der Waals surface area contributed by atoms with Crippen LogP contribution in [0.1, 0.15) is 12.6 Å². The minimum Gasteiger partial charge on any atom is -0.393 e. The molecule has 0 bridgehead atoms. The molecule has 1 rings (SSSR count). The maximum absolute atomic E-state index is 9.04. The second kappa shape index (κ2) is 3.83. The lowest BCUT2D eigenvalue weighted by molar-refractivity contribution is 0.194. The molecule has 0 spiro atoms. The fourth-order valence-electron chi connectivity index (χ4n) is 0.863. The second-order valence-corrected chi connectivity index (χ2v) is 3.43. The van der Waals surface area contributed by atoms with Crippen LogP contribution in [0.25, 0.3) is 0 Å². The van der Waals surface area contributed by atoms with E-state index in [4.69, 9.17) is 5.11 Å². The van der Waals surface area contributed by atoms with Gasteiger partial charge in [0.05, 0.1) is 6.10 Å². The zero-order valence-corrected chi connectivity index (χ0v) is 7.87. The zero-order valence-electron chi connectivity index (χ0n) is 6.29. The van der Waals surface area contributed by atoms with Crippen molar-refractivity contribution in [2.75, 3.05) is 0 Å². The predicted molar refractivity (Wildman–Crippen MR) is 47.3 cm³/mol. The summed E-state index contributed by atoms with van der Waals surface area (Å²) in [6.45, 7) is 1.75. The molecule has 0 aliphatic heterocycles. The van der Waals surface area contributed by atoms with E-state index < -0.39 is 0 Å². The molecule has 11 heavy (non-hydrogen) atoms. The first-order chi connectivity index (χ1) is 5.18. The lowest BCUT2D eigenvalue weighted by Crippen LogP contribution is -2.05. The molecule has 0 fully saturated rings. The third-order valence-electron chi connectivity index (χ3n) is 1.28. The van der Waals surface area contributed by atoms with E-state index in [0.29, 0.717) is 6.42 Å². The molecule has 1 aromatic rings. The van der Waals surface area contributed by atoms with Crippen LogP contribution < -0.4 is 0 Å². The number of hydrogen-bond donors (Lipinski definition) is 1. The molecule has 1 unspecified atom stereocenters. The largest absolute Gasteiger partial charge is 0.393 e. The number of nitrogens with zero attached hydrogens (tertiary/aromatic N) is 1. The number of rotatable bonds is 2. The Kier molecular flexibility index (Phi) is 3.02. The first-order valence-corrected chi connectivity index (χ1v) is 4.26. The Hall–Kier alpha value is -0.410. The summed E-state index contributed by atoms with van der Waals surface area (Å²) in [4.78, 5) is 4.09. The van der Waals surface area contributed by atoms with Gasteiger partial charge in [0, 0.05) is 22.8 Å². The number of halogens is 1. The summed E-state index contributed by atoms with van der Waals surface area (Å²) in [6, 6.07) is 3.78. The van der Waals surface area contributed by atoms with Crippen molar-refractivity contribution in [1.82, 2.24) is 4.98 Å². The van der Waals surface area contributed by atoms with Crippen molar-refractivity contribution in [2.45, 2.75) is 19.4 Å². The summed E-state index contributed by atoms with van der Waals surface area (Å²) in [5, 5.41) is 9.04. The lowest BCUT2D eigenvalue weighted by Gasteiger charge is -2.02. The molecule has 1 heterocycles. The highest BCUT2D eigenvalue weighted by Crippen LogP contribution is 2.10. The number of aromatic nitrogens is 1. The Balaban J connectivity index is 2.71. The zero-order chi connectivity index (χ0) is 8.27. The molecular weight excluding hydrogens is 206 g/mol. The van der Waals surface area contributed by atoms with E-state index in [-0.39, 0.29) is 6.10 Å². The van der Waals surface area contributed by atoms with Crippen LogP contribution in [0.15, 0.2) is 22.8 Å². The van der Waals surface area contributed by atoms with E-state index in [9.17, 15) is 0 Å². The van der Waals surface area contributed by atoms with Crippen LogP contribution in [0.5, 0.6) is 0 Å². The van der Waals surface area contributed by atoms with Crippen LogP contribution in [-0.4, -0.2) is 16.2 Å². The predicted octanol–water partition coefficient (Wildman–Crippen LogP) is 1.77. The highest BCUT2D eigenvalue weighted by molar-refractivity contribution is 9.10. The quantitative estimate of drug-likeness (QED) is 0.817. The lowest BCUT2D eigenvalue weighted by atomic mass is 10.2. The smallest absolute Gasteiger partial charge is 0.0567 e. The van der Waals surface area contributed by atoms with Crippen molar-refractivity contribution in [3.63, 3.8) is 0 Å². The van der Waals surface area contributed by atoms with E-state index in [1.54, 1.807) is 13.1 Å². The number of aliphatic hydroxyl groups excluding tert-OH is 1. The topological polar surface area (TPSA) is 33.1 Å². The fourth-order valence-corrected chi connectivity index (χ4v) is 1.25. The standard InChI is InChI=1S/C8H10BrNO/c1-6(11)4-8-5-7(9)2-3-10-8/h2-3,5-6,11H,4H2,1H3. The highest BCUT2D eigenvalue weighted by atomic mass is 79.9. The van der Waals surface area contributed by atoms with E-state index in [1.165, 1.54) is 0 Å². The first kappa shape index (κ1) is 8.68. The summed E-state index contributed by atoms with van der Waals surface area (Å²) < 4.78 is 1.00. The average molecular weight is 216 g/mol. The van der Waals surface area contributed by atoms with E-state index in [2.05, 4.69) is 20.9 Å². The highest BCUT2D eigenvalue weighted by Gasteiger charge is 1.99. The van der Waals surface area contributed by atoms with Gasteiger partial charge in [-0.3, -0.25) is 4.98 Å². The Morgan fingerprint density at radius 2 is 2.45 bits per heavy atom. The second-order valence-electron chi connectivity index (χ2n) is 2.52. The molecule has 1 atom stereocenters. The van der Waals surface area contributed by atoms with Crippen molar-refractivity contribution < 1.29 is 5.11 Å².